The Morgan fingerprint density at radius 1 is 1.58 bits per heavy atom. The van der Waals surface area contributed by atoms with Crippen molar-refractivity contribution >= 4 is 32.4 Å². The van der Waals surface area contributed by atoms with Gasteiger partial charge in [0.25, 0.3) is 0 Å². The zero-order valence-corrected chi connectivity index (χ0v) is 8.35. The molecule has 0 fully saturated rings. The lowest BCUT2D eigenvalue weighted by atomic mass is 10.3. The average Bonchev–Trinajstić information content (AvgIpc) is 2.58. The van der Waals surface area contributed by atoms with E-state index in [2.05, 4.69) is 20.9 Å². The van der Waals surface area contributed by atoms with Crippen LogP contribution < -0.4 is 5.73 Å². The van der Waals surface area contributed by atoms with Crippen LogP contribution in [0.15, 0.2) is 26.8 Å². The van der Waals surface area contributed by atoms with E-state index < -0.39 is 0 Å². The molecule has 2 aromatic heterocycles. The highest BCUT2D eigenvalue weighted by Crippen LogP contribution is 2.30. The van der Waals surface area contributed by atoms with Crippen LogP contribution in [0.5, 0.6) is 0 Å². The first kappa shape index (κ1) is 7.82. The first-order valence-electron chi connectivity index (χ1n) is 3.22. The van der Waals surface area contributed by atoms with Gasteiger partial charge >= 0.3 is 0 Å². The predicted molar refractivity (Wildman–Crippen MR) is 51.9 cm³/mol. The zero-order chi connectivity index (χ0) is 8.55. The molecule has 0 amide bonds. The molecule has 12 heavy (non-hydrogen) atoms. The fraction of sp³-hybridized carbons (Fsp3) is 0. The van der Waals surface area contributed by atoms with E-state index in [9.17, 15) is 0 Å². The fourth-order valence-electron chi connectivity index (χ4n) is 0.888. The second-order valence-corrected chi connectivity index (χ2v) is 3.79. The Morgan fingerprint density at radius 2 is 2.42 bits per heavy atom. The molecular weight excluding hydrogens is 240 g/mol. The van der Waals surface area contributed by atoms with E-state index in [0.717, 1.165) is 11.3 Å². The van der Waals surface area contributed by atoms with E-state index in [4.69, 9.17) is 10.2 Å². The smallest absolute Gasteiger partial charge is 0.180 e. The van der Waals surface area contributed by atoms with E-state index >= 15 is 0 Å². The third kappa shape index (κ3) is 1.25. The summed E-state index contributed by atoms with van der Waals surface area (Å²) in [7, 11) is 0. The molecule has 3 nitrogen and oxygen atoms in total. The Morgan fingerprint density at radius 3 is 2.92 bits per heavy atom. The molecule has 0 aliphatic carbocycles. The average molecular weight is 245 g/mol. The van der Waals surface area contributed by atoms with Gasteiger partial charge in [0.05, 0.1) is 17.5 Å². The molecule has 0 unspecified atom stereocenters. The molecule has 2 rings (SSSR count). The van der Waals surface area contributed by atoms with Gasteiger partial charge in [-0.1, -0.05) is 0 Å². The standard InChI is InChI=1S/C7H5BrN2OS/c8-6-4(1-2-11-6)5-3-12-7(9)10-5/h1-3H,(H2,9,10). The van der Waals surface area contributed by atoms with Gasteiger partial charge in [0, 0.05) is 5.38 Å². The number of furan rings is 1. The summed E-state index contributed by atoms with van der Waals surface area (Å²) in [5, 5.41) is 2.46. The summed E-state index contributed by atoms with van der Waals surface area (Å²) in [6.45, 7) is 0. The van der Waals surface area contributed by atoms with Gasteiger partial charge in [-0.05, 0) is 22.0 Å². The van der Waals surface area contributed by atoms with Gasteiger partial charge in [0.2, 0.25) is 0 Å². The number of thiazole rings is 1. The van der Waals surface area contributed by atoms with Crippen LogP contribution in [0.1, 0.15) is 0 Å². The molecule has 0 saturated carbocycles. The third-order valence-electron chi connectivity index (χ3n) is 1.42. The Hall–Kier alpha value is -0.810. The summed E-state index contributed by atoms with van der Waals surface area (Å²) in [6, 6.07) is 1.85. The van der Waals surface area contributed by atoms with E-state index in [0.29, 0.717) is 9.80 Å². The summed E-state index contributed by atoms with van der Waals surface area (Å²) < 4.78 is 5.76. The number of aromatic nitrogens is 1. The summed E-state index contributed by atoms with van der Waals surface area (Å²) in [6.07, 6.45) is 1.61. The second-order valence-electron chi connectivity index (χ2n) is 2.18. The zero-order valence-electron chi connectivity index (χ0n) is 5.95. The molecule has 0 aliphatic rings. The molecule has 0 atom stereocenters. The maximum absolute atomic E-state index is 5.50. The summed E-state index contributed by atoms with van der Waals surface area (Å²) in [5.74, 6) is 0. The van der Waals surface area contributed by atoms with Crippen molar-refractivity contribution in [2.45, 2.75) is 0 Å². The van der Waals surface area contributed by atoms with Crippen LogP contribution in [0.25, 0.3) is 11.3 Å². The topological polar surface area (TPSA) is 52.0 Å². The monoisotopic (exact) mass is 244 g/mol. The molecule has 2 heterocycles. The van der Waals surface area contributed by atoms with Gasteiger partial charge in [-0.2, -0.15) is 0 Å². The Bertz CT molecular complexity index is 396. The van der Waals surface area contributed by atoms with Gasteiger partial charge in [-0.25, -0.2) is 4.98 Å². The minimum Gasteiger partial charge on any atom is -0.457 e. The van der Waals surface area contributed by atoms with Crippen LogP contribution in [0, 0.1) is 0 Å². The van der Waals surface area contributed by atoms with Crippen molar-refractivity contribution in [3.05, 3.63) is 22.4 Å². The molecule has 0 aromatic carbocycles. The first-order chi connectivity index (χ1) is 5.77. The predicted octanol–water partition coefficient (Wildman–Crippen LogP) is 2.75. The van der Waals surface area contributed by atoms with E-state index in [1.807, 2.05) is 11.4 Å². The van der Waals surface area contributed by atoms with E-state index in [1.165, 1.54) is 11.3 Å². The lowest BCUT2D eigenvalue weighted by Crippen LogP contribution is -1.81. The van der Waals surface area contributed by atoms with Crippen molar-refractivity contribution in [1.29, 1.82) is 0 Å². The minimum absolute atomic E-state index is 0.568. The molecule has 5 heteroatoms. The molecule has 2 aromatic rings. The molecular formula is C7H5BrN2OS. The normalized spacial score (nSPS) is 10.4. The van der Waals surface area contributed by atoms with Crippen LogP contribution in [-0.4, -0.2) is 4.98 Å². The maximum Gasteiger partial charge on any atom is 0.180 e. The van der Waals surface area contributed by atoms with E-state index in [1.54, 1.807) is 6.26 Å². The molecule has 0 spiro atoms. The number of nitrogens with zero attached hydrogens (tertiary/aromatic N) is 1. The molecule has 0 bridgehead atoms. The molecule has 0 radical (unpaired) electrons. The van der Waals surface area contributed by atoms with Crippen molar-refractivity contribution in [3.8, 4) is 11.3 Å². The van der Waals surface area contributed by atoms with Gasteiger partial charge in [0.15, 0.2) is 9.80 Å². The number of rotatable bonds is 1. The lowest BCUT2D eigenvalue weighted by Gasteiger charge is -1.88. The molecule has 2 N–H and O–H groups in total. The molecule has 0 saturated heterocycles. The number of hydrogen-bond acceptors (Lipinski definition) is 4. The van der Waals surface area contributed by atoms with Crippen molar-refractivity contribution < 1.29 is 4.42 Å². The second kappa shape index (κ2) is 2.91. The lowest BCUT2D eigenvalue weighted by molar-refractivity contribution is 0.542. The van der Waals surface area contributed by atoms with Crippen LogP contribution in [-0.2, 0) is 0 Å². The van der Waals surface area contributed by atoms with Crippen LogP contribution >= 0.6 is 27.3 Å². The highest BCUT2D eigenvalue weighted by Gasteiger charge is 2.08. The number of hydrogen-bond donors (Lipinski definition) is 1. The summed E-state index contributed by atoms with van der Waals surface area (Å²) in [4.78, 5) is 4.12. The Labute approximate surface area is 81.4 Å². The first-order valence-corrected chi connectivity index (χ1v) is 4.89. The highest BCUT2D eigenvalue weighted by molar-refractivity contribution is 9.10. The van der Waals surface area contributed by atoms with Crippen molar-refractivity contribution in [3.63, 3.8) is 0 Å². The van der Waals surface area contributed by atoms with Crippen molar-refractivity contribution in [2.75, 3.05) is 5.73 Å². The van der Waals surface area contributed by atoms with Gasteiger partial charge in [-0.15, -0.1) is 11.3 Å². The third-order valence-corrected chi connectivity index (χ3v) is 2.70. The van der Waals surface area contributed by atoms with Crippen molar-refractivity contribution in [2.24, 2.45) is 0 Å². The molecule has 62 valence electrons. The highest BCUT2D eigenvalue weighted by atomic mass is 79.9. The number of nitrogens with two attached hydrogens (primary N) is 1. The van der Waals surface area contributed by atoms with Gasteiger partial charge in [-0.3, -0.25) is 0 Å². The largest absolute Gasteiger partial charge is 0.457 e. The van der Waals surface area contributed by atoms with Gasteiger partial charge in [0.1, 0.15) is 0 Å². The van der Waals surface area contributed by atoms with Gasteiger partial charge < -0.3 is 10.2 Å². The Kier molecular flexibility index (Phi) is 1.90. The minimum atomic E-state index is 0.568. The molecule has 0 aliphatic heterocycles. The number of anilines is 1. The van der Waals surface area contributed by atoms with Crippen LogP contribution in [0.2, 0.25) is 0 Å². The maximum atomic E-state index is 5.50. The van der Waals surface area contributed by atoms with Crippen LogP contribution in [0.3, 0.4) is 0 Å². The quantitative estimate of drug-likeness (QED) is 0.840. The SMILES string of the molecule is Nc1nc(-c2ccoc2Br)cs1. The Balaban J connectivity index is 2.50. The van der Waals surface area contributed by atoms with Crippen molar-refractivity contribution in [1.82, 2.24) is 4.98 Å². The number of halogens is 1. The van der Waals surface area contributed by atoms with Crippen LogP contribution in [0.4, 0.5) is 5.13 Å². The number of nitrogen functional groups attached to an aromatic ring is 1. The summed E-state index contributed by atoms with van der Waals surface area (Å²) in [5.41, 5.74) is 7.28. The fourth-order valence-corrected chi connectivity index (χ4v) is 1.89. The summed E-state index contributed by atoms with van der Waals surface area (Å²) >= 11 is 4.68. The van der Waals surface area contributed by atoms with E-state index in [-0.39, 0.29) is 0 Å².